The van der Waals surface area contributed by atoms with Crippen molar-refractivity contribution in [2.45, 2.75) is 32.6 Å². The Kier molecular flexibility index (Phi) is 5.30. The van der Waals surface area contributed by atoms with Crippen LogP contribution in [0, 0.1) is 5.92 Å². The molecule has 130 valence electrons. The van der Waals surface area contributed by atoms with Gasteiger partial charge >= 0.3 is 0 Å². The Hall–Kier alpha value is -2.15. The summed E-state index contributed by atoms with van der Waals surface area (Å²) in [6, 6.07) is 3.98. The molecule has 1 aliphatic heterocycles. The number of aromatic nitrogens is 3. The predicted molar refractivity (Wildman–Crippen MR) is 93.8 cm³/mol. The van der Waals surface area contributed by atoms with Crippen molar-refractivity contribution in [2.75, 3.05) is 31.5 Å². The average molecular weight is 330 g/mol. The fourth-order valence-electron chi connectivity index (χ4n) is 3.28. The van der Waals surface area contributed by atoms with Crippen LogP contribution in [0.15, 0.2) is 18.3 Å². The molecule has 3 N–H and O–H groups in total. The van der Waals surface area contributed by atoms with Gasteiger partial charge in [0.05, 0.1) is 12.1 Å². The monoisotopic (exact) mass is 330 g/mol. The van der Waals surface area contributed by atoms with E-state index in [1.807, 2.05) is 10.6 Å². The number of carbonyl (C=O) groups excluding carboxylic acids is 1. The molecule has 7 nitrogen and oxygen atoms in total. The molecule has 0 bridgehead atoms. The lowest BCUT2D eigenvalue weighted by Gasteiger charge is -2.31. The van der Waals surface area contributed by atoms with Gasteiger partial charge in [-0.2, -0.15) is 9.61 Å². The van der Waals surface area contributed by atoms with Crippen molar-refractivity contribution in [1.82, 2.24) is 19.5 Å². The van der Waals surface area contributed by atoms with Gasteiger partial charge in [-0.25, -0.2) is 4.98 Å². The van der Waals surface area contributed by atoms with E-state index < -0.39 is 0 Å². The molecule has 3 heterocycles. The van der Waals surface area contributed by atoms with Crippen LogP contribution >= 0.6 is 0 Å². The minimum Gasteiger partial charge on any atom is -0.370 e. The summed E-state index contributed by atoms with van der Waals surface area (Å²) < 4.78 is 1.84. The third-order valence-corrected chi connectivity index (χ3v) is 4.64. The lowest BCUT2D eigenvalue weighted by molar-refractivity contribution is -0.123. The maximum absolute atomic E-state index is 11.3. The van der Waals surface area contributed by atoms with Gasteiger partial charge in [0.15, 0.2) is 5.65 Å². The lowest BCUT2D eigenvalue weighted by atomic mass is 9.97. The largest absolute Gasteiger partial charge is 0.370 e. The minimum absolute atomic E-state index is 0.0164. The second-order valence-electron chi connectivity index (χ2n) is 6.41. The molecule has 0 spiro atoms. The smallest absolute Gasteiger partial charge is 0.221 e. The highest BCUT2D eigenvalue weighted by molar-refractivity contribution is 5.76. The standard InChI is InChI=1S/C17H26N6O/c1-2-14-11-16(23-15(21-14)6-8-20-23)19-7-4-10-22-9-3-5-13(12-22)17(18)24/h6,8,11,13,19H,2-5,7,9-10,12H2,1H3,(H2,18,24). The van der Waals surface area contributed by atoms with E-state index in [4.69, 9.17) is 5.73 Å². The Morgan fingerprint density at radius 2 is 2.38 bits per heavy atom. The Morgan fingerprint density at radius 1 is 1.50 bits per heavy atom. The molecule has 1 fully saturated rings. The number of fused-ring (bicyclic) bond motifs is 1. The number of hydrogen-bond donors (Lipinski definition) is 2. The SMILES string of the molecule is CCc1cc(NCCCN2CCCC(C(N)=O)C2)n2nccc2n1. The number of likely N-dealkylation sites (tertiary alicyclic amines) is 1. The normalized spacial score (nSPS) is 18.8. The van der Waals surface area contributed by atoms with Gasteiger partial charge in [-0.3, -0.25) is 4.79 Å². The van der Waals surface area contributed by atoms with Crippen molar-refractivity contribution in [3.05, 3.63) is 24.0 Å². The Bertz CT molecular complexity index is 697. The Labute approximate surface area is 142 Å². The quantitative estimate of drug-likeness (QED) is 0.747. The van der Waals surface area contributed by atoms with E-state index in [2.05, 4.69) is 33.3 Å². The molecule has 0 radical (unpaired) electrons. The molecule has 0 aromatic carbocycles. The van der Waals surface area contributed by atoms with Crippen molar-refractivity contribution in [3.8, 4) is 0 Å². The molecular weight excluding hydrogens is 304 g/mol. The number of nitrogens with two attached hydrogens (primary N) is 1. The van der Waals surface area contributed by atoms with Crippen LogP contribution in [0.5, 0.6) is 0 Å². The molecule has 1 amide bonds. The fourth-order valence-corrected chi connectivity index (χ4v) is 3.28. The summed E-state index contributed by atoms with van der Waals surface area (Å²) in [5.41, 5.74) is 7.37. The van der Waals surface area contributed by atoms with E-state index >= 15 is 0 Å². The zero-order valence-electron chi connectivity index (χ0n) is 14.2. The van der Waals surface area contributed by atoms with Crippen LogP contribution in [-0.2, 0) is 11.2 Å². The number of amides is 1. The van der Waals surface area contributed by atoms with Gasteiger partial charge in [0.2, 0.25) is 5.91 Å². The number of nitrogens with one attached hydrogen (secondary N) is 1. The molecule has 0 aliphatic carbocycles. The number of anilines is 1. The van der Waals surface area contributed by atoms with Crippen LogP contribution in [0.3, 0.4) is 0 Å². The third-order valence-electron chi connectivity index (χ3n) is 4.64. The number of carbonyl (C=O) groups is 1. The first kappa shape index (κ1) is 16.7. The van der Waals surface area contributed by atoms with Crippen LogP contribution in [0.2, 0.25) is 0 Å². The van der Waals surface area contributed by atoms with Gasteiger partial charge in [-0.1, -0.05) is 6.92 Å². The Morgan fingerprint density at radius 3 is 3.17 bits per heavy atom. The highest BCUT2D eigenvalue weighted by Gasteiger charge is 2.23. The average Bonchev–Trinajstić information content (AvgIpc) is 3.07. The highest BCUT2D eigenvalue weighted by Crippen LogP contribution is 2.16. The van der Waals surface area contributed by atoms with Crippen molar-refractivity contribution >= 4 is 17.4 Å². The summed E-state index contributed by atoms with van der Waals surface area (Å²) >= 11 is 0. The van der Waals surface area contributed by atoms with Crippen molar-refractivity contribution < 1.29 is 4.79 Å². The van der Waals surface area contributed by atoms with E-state index in [-0.39, 0.29) is 11.8 Å². The van der Waals surface area contributed by atoms with Gasteiger partial charge in [0.25, 0.3) is 0 Å². The summed E-state index contributed by atoms with van der Waals surface area (Å²) in [5.74, 6) is 0.834. The third kappa shape index (κ3) is 3.84. The molecule has 1 saturated heterocycles. The lowest BCUT2D eigenvalue weighted by Crippen LogP contribution is -2.41. The predicted octanol–water partition coefficient (Wildman–Crippen LogP) is 1.29. The first-order chi connectivity index (χ1) is 11.7. The molecule has 1 aliphatic rings. The Balaban J connectivity index is 1.52. The van der Waals surface area contributed by atoms with Gasteiger partial charge in [-0.15, -0.1) is 0 Å². The first-order valence-corrected chi connectivity index (χ1v) is 8.76. The molecule has 1 atom stereocenters. The minimum atomic E-state index is -0.164. The zero-order valence-corrected chi connectivity index (χ0v) is 14.2. The molecule has 3 rings (SSSR count). The highest BCUT2D eigenvalue weighted by atomic mass is 16.1. The van der Waals surface area contributed by atoms with Crippen molar-refractivity contribution in [2.24, 2.45) is 11.7 Å². The van der Waals surface area contributed by atoms with Gasteiger partial charge in [0, 0.05) is 30.9 Å². The van der Waals surface area contributed by atoms with E-state index in [0.29, 0.717) is 0 Å². The molecule has 7 heteroatoms. The van der Waals surface area contributed by atoms with Gasteiger partial charge in [0.1, 0.15) is 5.82 Å². The molecule has 2 aromatic heterocycles. The maximum atomic E-state index is 11.3. The summed E-state index contributed by atoms with van der Waals surface area (Å²) in [5, 5.41) is 7.79. The number of rotatable bonds is 7. The van der Waals surface area contributed by atoms with Crippen LogP contribution in [0.4, 0.5) is 5.82 Å². The molecule has 1 unspecified atom stereocenters. The summed E-state index contributed by atoms with van der Waals surface area (Å²) in [6.07, 6.45) is 5.67. The van der Waals surface area contributed by atoms with Crippen molar-refractivity contribution in [1.29, 1.82) is 0 Å². The number of piperidine rings is 1. The van der Waals surface area contributed by atoms with Gasteiger partial charge < -0.3 is 16.0 Å². The first-order valence-electron chi connectivity index (χ1n) is 8.76. The number of aryl methyl sites for hydroxylation is 1. The molecule has 2 aromatic rings. The van der Waals surface area contributed by atoms with Crippen LogP contribution < -0.4 is 11.1 Å². The van der Waals surface area contributed by atoms with E-state index in [0.717, 1.165) is 69.0 Å². The summed E-state index contributed by atoms with van der Waals surface area (Å²) in [6.45, 7) is 5.80. The van der Waals surface area contributed by atoms with E-state index in [1.165, 1.54) is 0 Å². The molecule has 24 heavy (non-hydrogen) atoms. The van der Waals surface area contributed by atoms with Crippen LogP contribution in [0.1, 0.15) is 31.9 Å². The second kappa shape index (κ2) is 7.61. The van der Waals surface area contributed by atoms with Gasteiger partial charge in [-0.05, 0) is 38.8 Å². The fraction of sp³-hybridized carbons (Fsp3) is 0.588. The number of primary amides is 1. The topological polar surface area (TPSA) is 88.5 Å². The second-order valence-corrected chi connectivity index (χ2v) is 6.41. The maximum Gasteiger partial charge on any atom is 0.221 e. The summed E-state index contributed by atoms with van der Waals surface area (Å²) in [7, 11) is 0. The van der Waals surface area contributed by atoms with Crippen molar-refractivity contribution in [3.63, 3.8) is 0 Å². The van der Waals surface area contributed by atoms with E-state index in [1.54, 1.807) is 6.20 Å². The van der Waals surface area contributed by atoms with Crippen LogP contribution in [-0.4, -0.2) is 51.6 Å². The zero-order chi connectivity index (χ0) is 16.9. The molecular formula is C17H26N6O. The molecule has 0 saturated carbocycles. The number of hydrogen-bond acceptors (Lipinski definition) is 5. The van der Waals surface area contributed by atoms with E-state index in [9.17, 15) is 4.79 Å². The number of nitrogens with zero attached hydrogens (tertiary/aromatic N) is 4. The van der Waals surface area contributed by atoms with Crippen LogP contribution in [0.25, 0.3) is 5.65 Å². The summed E-state index contributed by atoms with van der Waals surface area (Å²) in [4.78, 5) is 18.2.